The second-order valence-corrected chi connectivity index (χ2v) is 9.61. The lowest BCUT2D eigenvalue weighted by atomic mass is 10.0. The van der Waals surface area contributed by atoms with E-state index in [-0.39, 0.29) is 5.69 Å². The molecule has 0 radical (unpaired) electrons. The van der Waals surface area contributed by atoms with Crippen molar-refractivity contribution in [2.24, 2.45) is 0 Å². The van der Waals surface area contributed by atoms with Gasteiger partial charge in [-0.05, 0) is 41.5 Å². The van der Waals surface area contributed by atoms with Gasteiger partial charge in [0, 0.05) is 23.1 Å². The minimum atomic E-state index is -4.87. The molecule has 0 aliphatic carbocycles. The molecule has 0 spiro atoms. The molecular weight excluding hydrogens is 508 g/mol. The predicted molar refractivity (Wildman–Crippen MR) is 123 cm³/mol. The Kier molecular flexibility index (Phi) is 6.33. The number of anilines is 1. The van der Waals surface area contributed by atoms with Crippen molar-refractivity contribution in [1.29, 1.82) is 0 Å². The van der Waals surface area contributed by atoms with Crippen LogP contribution in [-0.4, -0.2) is 24.2 Å². The average molecular weight is 525 g/mol. The minimum Gasteiger partial charge on any atom is -0.299 e. The lowest BCUT2D eigenvalue weighted by Gasteiger charge is -2.14. The van der Waals surface area contributed by atoms with E-state index >= 15 is 0 Å². The van der Waals surface area contributed by atoms with Crippen molar-refractivity contribution in [3.63, 3.8) is 0 Å². The summed E-state index contributed by atoms with van der Waals surface area (Å²) >= 11 is 0. The Morgan fingerprint density at radius 2 is 1.47 bits per heavy atom. The number of halogens is 6. The van der Waals surface area contributed by atoms with Crippen LogP contribution in [-0.2, 0) is 22.4 Å². The molecule has 4 rings (SSSR count). The number of nitrogens with one attached hydrogen (secondary N) is 1. The highest BCUT2D eigenvalue weighted by Crippen LogP contribution is 2.39. The Bertz CT molecular complexity index is 1510. The van der Waals surface area contributed by atoms with E-state index < -0.39 is 45.0 Å². The molecule has 3 aromatic carbocycles. The van der Waals surface area contributed by atoms with Gasteiger partial charge in [-0.15, -0.1) is 0 Å². The maximum Gasteiger partial charge on any atom is 0.434 e. The highest BCUT2D eigenvalue weighted by Gasteiger charge is 2.38. The van der Waals surface area contributed by atoms with E-state index in [2.05, 4.69) is 9.71 Å². The van der Waals surface area contributed by atoms with Crippen molar-refractivity contribution in [3.05, 3.63) is 90.3 Å². The molecule has 0 aliphatic rings. The van der Waals surface area contributed by atoms with E-state index in [1.54, 1.807) is 36.4 Å². The average Bonchev–Trinajstić information content (AvgIpc) is 3.24. The topological polar surface area (TPSA) is 64.0 Å². The second kappa shape index (κ2) is 9.01. The molecule has 4 aromatic rings. The highest BCUT2D eigenvalue weighted by atomic mass is 32.2. The molecule has 188 valence electrons. The molecule has 1 N–H and O–H groups in total. The monoisotopic (exact) mass is 525 g/mol. The highest BCUT2D eigenvalue weighted by molar-refractivity contribution is 7.92. The van der Waals surface area contributed by atoms with Crippen LogP contribution in [0.3, 0.4) is 0 Å². The van der Waals surface area contributed by atoms with Crippen molar-refractivity contribution in [2.45, 2.75) is 12.4 Å². The fourth-order valence-corrected chi connectivity index (χ4v) is 4.17. The van der Waals surface area contributed by atoms with Gasteiger partial charge in [-0.2, -0.15) is 26.3 Å². The molecule has 1 heterocycles. The van der Waals surface area contributed by atoms with Crippen LogP contribution < -0.4 is 4.72 Å². The standard InChI is InChI=1S/C24H17F6N3O2S/c1-36(34,35)32-17-6-4-5-16(13-17)15-9-11-18(12-10-15)33-14-21(24(28,29)30)31-22(33)19-7-2-3-8-20(19)23(25,26)27/h2-14,32H,1H3. The third-order valence-corrected chi connectivity index (χ3v) is 5.72. The largest absolute Gasteiger partial charge is 0.434 e. The van der Waals surface area contributed by atoms with Gasteiger partial charge in [0.15, 0.2) is 5.69 Å². The Hall–Kier alpha value is -3.80. The van der Waals surface area contributed by atoms with Gasteiger partial charge < -0.3 is 0 Å². The summed E-state index contributed by atoms with van der Waals surface area (Å²) in [6.45, 7) is 0. The number of benzene rings is 3. The van der Waals surface area contributed by atoms with Gasteiger partial charge in [-0.1, -0.05) is 42.5 Å². The molecule has 36 heavy (non-hydrogen) atoms. The first kappa shape index (κ1) is 25.3. The predicted octanol–water partition coefficient (Wildman–Crippen LogP) is 6.62. The zero-order valence-corrected chi connectivity index (χ0v) is 19.2. The van der Waals surface area contributed by atoms with Gasteiger partial charge in [0.05, 0.1) is 11.8 Å². The van der Waals surface area contributed by atoms with E-state index in [0.29, 0.717) is 23.0 Å². The molecule has 5 nitrogen and oxygen atoms in total. The fourth-order valence-electron chi connectivity index (χ4n) is 3.62. The van der Waals surface area contributed by atoms with Gasteiger partial charge in [0.1, 0.15) is 5.82 Å². The van der Waals surface area contributed by atoms with E-state index in [9.17, 15) is 34.8 Å². The van der Waals surface area contributed by atoms with Crippen molar-refractivity contribution < 1.29 is 34.8 Å². The fraction of sp³-hybridized carbons (Fsp3) is 0.125. The Labute approximate surface area is 202 Å². The first-order chi connectivity index (χ1) is 16.7. The smallest absolute Gasteiger partial charge is 0.299 e. The van der Waals surface area contributed by atoms with E-state index in [1.807, 2.05) is 0 Å². The second-order valence-electron chi connectivity index (χ2n) is 7.86. The number of nitrogens with zero attached hydrogens (tertiary/aromatic N) is 2. The Balaban J connectivity index is 1.80. The molecule has 0 fully saturated rings. The van der Waals surface area contributed by atoms with Crippen LogP contribution in [0.15, 0.2) is 79.0 Å². The molecule has 1 aromatic heterocycles. The Morgan fingerprint density at radius 3 is 2.08 bits per heavy atom. The minimum absolute atomic E-state index is 0.152. The zero-order valence-electron chi connectivity index (χ0n) is 18.4. The lowest BCUT2D eigenvalue weighted by Crippen LogP contribution is -2.09. The Morgan fingerprint density at radius 1 is 0.806 bits per heavy atom. The first-order valence-electron chi connectivity index (χ1n) is 10.2. The summed E-state index contributed by atoms with van der Waals surface area (Å²) in [5, 5.41) is 0. The van der Waals surface area contributed by atoms with Crippen molar-refractivity contribution in [3.8, 4) is 28.2 Å². The van der Waals surface area contributed by atoms with Crippen molar-refractivity contribution >= 4 is 15.7 Å². The van der Waals surface area contributed by atoms with E-state index in [1.165, 1.54) is 18.2 Å². The maximum atomic E-state index is 13.6. The molecule has 12 heteroatoms. The van der Waals surface area contributed by atoms with Gasteiger partial charge in [0.2, 0.25) is 10.0 Å². The molecule has 0 saturated heterocycles. The molecule has 0 unspecified atom stereocenters. The van der Waals surface area contributed by atoms with Gasteiger partial charge in [-0.25, -0.2) is 13.4 Å². The SMILES string of the molecule is CS(=O)(=O)Nc1cccc(-c2ccc(-n3cc(C(F)(F)F)nc3-c3ccccc3C(F)(F)F)cc2)c1. The zero-order chi connectivity index (χ0) is 26.3. The number of rotatable bonds is 5. The van der Waals surface area contributed by atoms with Crippen molar-refractivity contribution in [1.82, 2.24) is 9.55 Å². The maximum absolute atomic E-state index is 13.6. The molecule has 0 aliphatic heterocycles. The third-order valence-electron chi connectivity index (χ3n) is 5.11. The normalized spacial score (nSPS) is 12.5. The van der Waals surface area contributed by atoms with Crippen LogP contribution in [0.1, 0.15) is 11.3 Å². The van der Waals surface area contributed by atoms with Crippen LogP contribution in [0.5, 0.6) is 0 Å². The quantitative estimate of drug-likeness (QED) is 0.298. The third kappa shape index (κ3) is 5.54. The van der Waals surface area contributed by atoms with Gasteiger partial charge >= 0.3 is 12.4 Å². The number of imidazole rings is 1. The summed E-state index contributed by atoms with van der Waals surface area (Å²) in [6.07, 6.45) is -8.03. The van der Waals surface area contributed by atoms with Crippen LogP contribution in [0.2, 0.25) is 0 Å². The van der Waals surface area contributed by atoms with Crippen LogP contribution in [0.4, 0.5) is 32.0 Å². The lowest BCUT2D eigenvalue weighted by molar-refractivity contribution is -0.140. The molecule has 0 bridgehead atoms. The summed E-state index contributed by atoms with van der Waals surface area (Å²) in [7, 11) is -3.51. The van der Waals surface area contributed by atoms with E-state index in [0.717, 1.165) is 29.0 Å². The molecule has 0 amide bonds. The summed E-state index contributed by atoms with van der Waals surface area (Å²) in [5.74, 6) is -0.512. The number of alkyl halides is 6. The number of hydrogen-bond acceptors (Lipinski definition) is 3. The number of hydrogen-bond donors (Lipinski definition) is 1. The van der Waals surface area contributed by atoms with Gasteiger partial charge in [-0.3, -0.25) is 9.29 Å². The van der Waals surface area contributed by atoms with Crippen LogP contribution >= 0.6 is 0 Å². The number of sulfonamides is 1. The van der Waals surface area contributed by atoms with Crippen molar-refractivity contribution in [2.75, 3.05) is 11.0 Å². The van der Waals surface area contributed by atoms with Gasteiger partial charge in [0.25, 0.3) is 0 Å². The first-order valence-corrected chi connectivity index (χ1v) is 12.1. The summed E-state index contributed by atoms with van der Waals surface area (Å²) in [5.41, 5.74) is -1.27. The summed E-state index contributed by atoms with van der Waals surface area (Å²) < 4.78 is 107. The number of aromatic nitrogens is 2. The molecule has 0 saturated carbocycles. The van der Waals surface area contributed by atoms with Crippen LogP contribution in [0.25, 0.3) is 28.2 Å². The summed E-state index contributed by atoms with van der Waals surface area (Å²) in [4.78, 5) is 3.50. The summed E-state index contributed by atoms with van der Waals surface area (Å²) in [6, 6.07) is 16.7. The molecule has 0 atom stereocenters. The van der Waals surface area contributed by atoms with E-state index in [4.69, 9.17) is 0 Å². The van der Waals surface area contributed by atoms with Crippen LogP contribution in [0, 0.1) is 0 Å². The molecular formula is C24H17F6N3O2S.